The Morgan fingerprint density at radius 2 is 1.38 bits per heavy atom. The van der Waals surface area contributed by atoms with Crippen LogP contribution in [-0.2, 0) is 26.3 Å². The SMILES string of the molecule is COc1cc(C2C3=C(CC(C)(C)CC3=O)N(Cc3ccccc3)C3=C2C(=O)CC(C)(C)C3)cc(I)c1OS(=O)(=O)c1ccc(C)cc1. The molecule has 0 saturated carbocycles. The summed E-state index contributed by atoms with van der Waals surface area (Å²) < 4.78 is 38.5. The van der Waals surface area contributed by atoms with Gasteiger partial charge in [-0.25, -0.2) is 0 Å². The maximum absolute atomic E-state index is 14.3. The van der Waals surface area contributed by atoms with Crippen molar-refractivity contribution in [3.8, 4) is 11.5 Å². The molecular weight excluding hydrogens is 725 g/mol. The summed E-state index contributed by atoms with van der Waals surface area (Å²) in [6, 6.07) is 20.2. The molecule has 6 rings (SSSR count). The number of nitrogens with zero attached hydrogens (tertiary/aromatic N) is 1. The lowest BCUT2D eigenvalue weighted by atomic mass is 9.63. The van der Waals surface area contributed by atoms with Crippen LogP contribution in [0, 0.1) is 21.3 Å². The number of benzene rings is 3. The number of hydrogen-bond acceptors (Lipinski definition) is 7. The van der Waals surface area contributed by atoms with Gasteiger partial charge in [0.2, 0.25) is 0 Å². The molecule has 2 aliphatic carbocycles. The quantitative estimate of drug-likeness (QED) is 0.177. The summed E-state index contributed by atoms with van der Waals surface area (Å²) in [5.41, 5.74) is 5.43. The number of hydrogen-bond donors (Lipinski definition) is 0. The molecule has 0 amide bonds. The summed E-state index contributed by atoms with van der Waals surface area (Å²) in [6.07, 6.45) is 2.11. The Bertz CT molecular complexity index is 1890. The van der Waals surface area contributed by atoms with Crippen LogP contribution in [0.1, 0.15) is 76.0 Å². The highest BCUT2D eigenvalue weighted by molar-refractivity contribution is 14.1. The van der Waals surface area contributed by atoms with Crippen LogP contribution in [0.2, 0.25) is 0 Å². The van der Waals surface area contributed by atoms with Gasteiger partial charge in [-0.1, -0.05) is 75.7 Å². The molecule has 47 heavy (non-hydrogen) atoms. The average molecular weight is 766 g/mol. The van der Waals surface area contributed by atoms with E-state index in [2.05, 4.69) is 67.3 Å². The van der Waals surface area contributed by atoms with Gasteiger partial charge in [-0.15, -0.1) is 0 Å². The minimum absolute atomic E-state index is 0.0275. The third-order valence-corrected chi connectivity index (χ3v) is 11.3. The predicted molar refractivity (Wildman–Crippen MR) is 190 cm³/mol. The number of carbonyl (C=O) groups is 2. The zero-order valence-corrected chi connectivity index (χ0v) is 30.6. The van der Waals surface area contributed by atoms with E-state index in [1.165, 1.54) is 19.2 Å². The first-order chi connectivity index (χ1) is 22.1. The monoisotopic (exact) mass is 765 g/mol. The standard InChI is InChI=1S/C38H40INO6S/c1-23-12-14-26(15-13-23)47(43,44)46-36-27(39)16-25(17-32(36)45-6)33-34-28(18-37(2,3)20-30(34)41)40(22-24-10-8-7-9-11-24)29-19-38(4,5)21-31(42)35(29)33/h7-17,33H,18-22H2,1-6H3. The van der Waals surface area contributed by atoms with Crippen LogP contribution in [0.15, 0.2) is 94.2 Å². The molecule has 0 aromatic heterocycles. The number of halogens is 1. The summed E-state index contributed by atoms with van der Waals surface area (Å²) in [5, 5.41) is 0. The fraction of sp³-hybridized carbons (Fsp3) is 0.368. The summed E-state index contributed by atoms with van der Waals surface area (Å²) in [4.78, 5) is 30.8. The van der Waals surface area contributed by atoms with Crippen molar-refractivity contribution < 1.29 is 26.9 Å². The summed E-state index contributed by atoms with van der Waals surface area (Å²) in [7, 11) is -2.70. The minimum Gasteiger partial charge on any atom is -0.493 e. The van der Waals surface area contributed by atoms with Crippen LogP contribution >= 0.6 is 22.6 Å². The lowest BCUT2D eigenvalue weighted by Gasteiger charge is -2.49. The van der Waals surface area contributed by atoms with E-state index in [1.54, 1.807) is 18.2 Å². The Morgan fingerprint density at radius 3 is 1.91 bits per heavy atom. The maximum atomic E-state index is 14.3. The van der Waals surface area contributed by atoms with Crippen molar-refractivity contribution in [1.82, 2.24) is 4.90 Å². The van der Waals surface area contributed by atoms with Gasteiger partial charge in [-0.2, -0.15) is 8.42 Å². The molecule has 0 bridgehead atoms. The minimum atomic E-state index is -4.16. The van der Waals surface area contributed by atoms with E-state index in [0.29, 0.717) is 52.5 Å². The highest BCUT2D eigenvalue weighted by Gasteiger charge is 2.49. The van der Waals surface area contributed by atoms with Gasteiger partial charge in [0, 0.05) is 47.8 Å². The van der Waals surface area contributed by atoms with Crippen molar-refractivity contribution in [2.75, 3.05) is 7.11 Å². The van der Waals surface area contributed by atoms with Crippen molar-refractivity contribution >= 4 is 44.3 Å². The van der Waals surface area contributed by atoms with E-state index in [4.69, 9.17) is 8.92 Å². The number of Topliss-reactive ketones (excluding diaryl/α,β-unsaturated/α-hetero) is 2. The molecule has 1 aliphatic heterocycles. The van der Waals surface area contributed by atoms with E-state index in [0.717, 1.165) is 22.5 Å². The molecule has 0 unspecified atom stereocenters. The van der Waals surface area contributed by atoms with Crippen LogP contribution in [0.4, 0.5) is 0 Å². The smallest absolute Gasteiger partial charge is 0.339 e. The second-order valence-electron chi connectivity index (χ2n) is 14.5. The van der Waals surface area contributed by atoms with Crippen molar-refractivity contribution in [3.05, 3.63) is 110 Å². The lowest BCUT2D eigenvalue weighted by Crippen LogP contribution is -2.44. The van der Waals surface area contributed by atoms with Crippen LogP contribution < -0.4 is 8.92 Å². The number of ketones is 2. The van der Waals surface area contributed by atoms with Crippen LogP contribution in [-0.4, -0.2) is 32.0 Å². The zero-order chi connectivity index (χ0) is 33.9. The Kier molecular flexibility index (Phi) is 8.70. The highest BCUT2D eigenvalue weighted by atomic mass is 127. The molecule has 3 aliphatic rings. The summed E-state index contributed by atoms with van der Waals surface area (Å²) in [6.45, 7) is 10.9. The van der Waals surface area contributed by atoms with Gasteiger partial charge < -0.3 is 13.8 Å². The van der Waals surface area contributed by atoms with Gasteiger partial charge in [0.05, 0.1) is 10.7 Å². The van der Waals surface area contributed by atoms with Crippen LogP contribution in [0.25, 0.3) is 0 Å². The first-order valence-electron chi connectivity index (χ1n) is 15.8. The second-order valence-corrected chi connectivity index (χ2v) is 17.2. The summed E-state index contributed by atoms with van der Waals surface area (Å²) >= 11 is 2.05. The fourth-order valence-electron chi connectivity index (χ4n) is 7.19. The normalized spacial score (nSPS) is 19.4. The molecule has 0 N–H and O–H groups in total. The van der Waals surface area contributed by atoms with Crippen molar-refractivity contribution in [3.63, 3.8) is 0 Å². The Balaban J connectivity index is 1.53. The number of allylic oxidation sites excluding steroid dienone is 4. The summed E-state index contributed by atoms with van der Waals surface area (Å²) in [5.74, 6) is -0.274. The molecule has 246 valence electrons. The van der Waals surface area contributed by atoms with E-state index >= 15 is 0 Å². The molecule has 3 aromatic carbocycles. The third-order valence-electron chi connectivity index (χ3n) is 9.29. The zero-order valence-electron chi connectivity index (χ0n) is 27.6. The van der Waals surface area contributed by atoms with Gasteiger partial charge >= 0.3 is 10.1 Å². The van der Waals surface area contributed by atoms with E-state index in [-0.39, 0.29) is 38.8 Å². The van der Waals surface area contributed by atoms with Gasteiger partial charge in [0.25, 0.3) is 0 Å². The first-order valence-corrected chi connectivity index (χ1v) is 18.3. The first kappa shape index (κ1) is 33.5. The Labute approximate surface area is 291 Å². The Hall–Kier alpha value is -3.44. The van der Waals surface area contributed by atoms with Gasteiger partial charge in [0.15, 0.2) is 23.1 Å². The molecule has 3 aromatic rings. The van der Waals surface area contributed by atoms with Crippen LogP contribution in [0.3, 0.4) is 0 Å². The van der Waals surface area contributed by atoms with Crippen LogP contribution in [0.5, 0.6) is 11.5 Å². The lowest BCUT2D eigenvalue weighted by molar-refractivity contribution is -0.119. The predicted octanol–water partition coefficient (Wildman–Crippen LogP) is 8.26. The number of carbonyl (C=O) groups excluding carboxylic acids is 2. The van der Waals surface area contributed by atoms with E-state index in [1.807, 2.05) is 31.2 Å². The number of methoxy groups -OCH3 is 1. The molecule has 0 fully saturated rings. The van der Waals surface area contributed by atoms with E-state index in [9.17, 15) is 18.0 Å². The highest BCUT2D eigenvalue weighted by Crippen LogP contribution is 2.55. The third kappa shape index (κ3) is 6.53. The fourth-order valence-corrected chi connectivity index (χ4v) is 9.03. The van der Waals surface area contributed by atoms with E-state index < -0.39 is 16.0 Å². The van der Waals surface area contributed by atoms with Gasteiger partial charge in [-0.3, -0.25) is 9.59 Å². The van der Waals surface area contributed by atoms with Crippen molar-refractivity contribution in [1.29, 1.82) is 0 Å². The molecule has 9 heteroatoms. The van der Waals surface area contributed by atoms with Gasteiger partial charge in [0.1, 0.15) is 4.90 Å². The molecular formula is C38H40INO6S. The average Bonchev–Trinajstić information content (AvgIpc) is 2.98. The molecule has 0 saturated heterocycles. The Morgan fingerprint density at radius 1 is 0.830 bits per heavy atom. The molecule has 0 spiro atoms. The molecule has 1 heterocycles. The maximum Gasteiger partial charge on any atom is 0.339 e. The molecule has 0 atom stereocenters. The van der Waals surface area contributed by atoms with Gasteiger partial charge in [-0.05, 0) is 88.6 Å². The number of aryl methyl sites for hydroxylation is 1. The topological polar surface area (TPSA) is 90.0 Å². The van der Waals surface area contributed by atoms with Crippen molar-refractivity contribution in [2.45, 2.75) is 77.7 Å². The second kappa shape index (κ2) is 12.2. The molecule has 0 radical (unpaired) electrons. The largest absolute Gasteiger partial charge is 0.493 e. The molecule has 7 nitrogen and oxygen atoms in total. The van der Waals surface area contributed by atoms with Crippen molar-refractivity contribution in [2.24, 2.45) is 10.8 Å². The number of rotatable bonds is 7. The number of ether oxygens (including phenoxy) is 1.